The summed E-state index contributed by atoms with van der Waals surface area (Å²) in [6, 6.07) is 7.06. The highest BCUT2D eigenvalue weighted by Gasteiger charge is 2.26. The maximum Gasteiger partial charge on any atom is 0.337 e. The molecule has 1 aliphatic carbocycles. The fraction of sp³-hybridized carbons (Fsp3) is 0.250. The van der Waals surface area contributed by atoms with Crippen molar-refractivity contribution in [2.24, 2.45) is 0 Å². The third-order valence-corrected chi connectivity index (χ3v) is 5.02. The van der Waals surface area contributed by atoms with Gasteiger partial charge >= 0.3 is 5.97 Å². The zero-order valence-corrected chi connectivity index (χ0v) is 13.5. The topological polar surface area (TPSA) is 55.4 Å². The Hall–Kier alpha value is -1.85. The van der Waals surface area contributed by atoms with Gasteiger partial charge < -0.3 is 10.1 Å². The number of fused-ring (bicyclic) bond motifs is 1. The van der Waals surface area contributed by atoms with Gasteiger partial charge in [0.2, 0.25) is 0 Å². The van der Waals surface area contributed by atoms with E-state index in [1.807, 2.05) is 6.07 Å². The Balaban J connectivity index is 1.81. The molecule has 114 valence electrons. The van der Waals surface area contributed by atoms with Crippen molar-refractivity contribution in [2.45, 2.75) is 18.9 Å². The lowest BCUT2D eigenvalue weighted by Crippen LogP contribution is -2.26. The quantitative estimate of drug-likeness (QED) is 0.872. The maximum atomic E-state index is 12.2. The first-order valence-electron chi connectivity index (χ1n) is 6.84. The van der Waals surface area contributed by atoms with Gasteiger partial charge in [-0.05, 0) is 42.2 Å². The SMILES string of the molecule is COC(=O)c1ccc2c(c1)C(NC(=O)c1cc(Cl)cs1)CC2. The van der Waals surface area contributed by atoms with Crippen molar-refractivity contribution in [3.63, 3.8) is 0 Å². The van der Waals surface area contributed by atoms with Crippen LogP contribution in [0.2, 0.25) is 5.02 Å². The second-order valence-electron chi connectivity index (χ2n) is 5.10. The molecule has 0 saturated heterocycles. The highest BCUT2D eigenvalue weighted by Crippen LogP contribution is 2.32. The number of carbonyl (C=O) groups excluding carboxylic acids is 2. The van der Waals surface area contributed by atoms with Crippen LogP contribution in [0, 0.1) is 0 Å². The molecule has 0 saturated carbocycles. The summed E-state index contributed by atoms with van der Waals surface area (Å²) < 4.78 is 4.75. The van der Waals surface area contributed by atoms with Crippen LogP contribution in [0.15, 0.2) is 29.6 Å². The van der Waals surface area contributed by atoms with Gasteiger partial charge in [-0.3, -0.25) is 4.79 Å². The average molecular weight is 336 g/mol. The Kier molecular flexibility index (Phi) is 4.18. The molecule has 0 fully saturated rings. The van der Waals surface area contributed by atoms with Crippen LogP contribution < -0.4 is 5.32 Å². The molecule has 0 bridgehead atoms. The maximum absolute atomic E-state index is 12.2. The van der Waals surface area contributed by atoms with Crippen molar-refractivity contribution in [3.8, 4) is 0 Å². The van der Waals surface area contributed by atoms with Crippen molar-refractivity contribution < 1.29 is 14.3 Å². The molecular formula is C16H14ClNO3S. The Morgan fingerprint density at radius 3 is 2.86 bits per heavy atom. The molecule has 1 N–H and O–H groups in total. The van der Waals surface area contributed by atoms with E-state index in [1.165, 1.54) is 18.4 Å². The number of carbonyl (C=O) groups is 2. The van der Waals surface area contributed by atoms with Gasteiger partial charge in [-0.1, -0.05) is 17.7 Å². The number of hydrogen-bond donors (Lipinski definition) is 1. The molecule has 0 aliphatic heterocycles. The van der Waals surface area contributed by atoms with E-state index in [0.29, 0.717) is 15.5 Å². The van der Waals surface area contributed by atoms with Crippen molar-refractivity contribution >= 4 is 34.8 Å². The largest absolute Gasteiger partial charge is 0.465 e. The number of halogens is 1. The van der Waals surface area contributed by atoms with Crippen molar-refractivity contribution in [1.82, 2.24) is 5.32 Å². The Morgan fingerprint density at radius 1 is 1.36 bits per heavy atom. The summed E-state index contributed by atoms with van der Waals surface area (Å²) in [5.41, 5.74) is 2.64. The molecule has 2 aromatic rings. The fourth-order valence-electron chi connectivity index (χ4n) is 2.66. The lowest BCUT2D eigenvalue weighted by molar-refractivity contribution is 0.0600. The van der Waals surface area contributed by atoms with E-state index < -0.39 is 0 Å². The van der Waals surface area contributed by atoms with E-state index in [4.69, 9.17) is 16.3 Å². The minimum atomic E-state index is -0.371. The zero-order chi connectivity index (χ0) is 15.7. The van der Waals surface area contributed by atoms with Gasteiger partial charge in [0.05, 0.1) is 28.6 Å². The molecule has 1 aliphatic rings. The number of aryl methyl sites for hydroxylation is 1. The third-order valence-electron chi connectivity index (χ3n) is 3.74. The number of esters is 1. The molecule has 6 heteroatoms. The highest BCUT2D eigenvalue weighted by molar-refractivity contribution is 7.12. The van der Waals surface area contributed by atoms with E-state index in [0.717, 1.165) is 24.0 Å². The second-order valence-corrected chi connectivity index (χ2v) is 6.45. The smallest absolute Gasteiger partial charge is 0.337 e. The number of rotatable bonds is 3. The summed E-state index contributed by atoms with van der Waals surface area (Å²) in [5, 5.41) is 5.30. The number of hydrogen-bond acceptors (Lipinski definition) is 4. The van der Waals surface area contributed by atoms with Gasteiger partial charge in [0.15, 0.2) is 0 Å². The average Bonchev–Trinajstić information content (AvgIpc) is 3.13. The molecule has 0 radical (unpaired) electrons. The number of ether oxygens (including phenoxy) is 1. The molecule has 1 aromatic heterocycles. The van der Waals surface area contributed by atoms with Gasteiger partial charge in [-0.15, -0.1) is 11.3 Å². The van der Waals surface area contributed by atoms with Gasteiger partial charge in [0.1, 0.15) is 0 Å². The zero-order valence-electron chi connectivity index (χ0n) is 11.9. The van der Waals surface area contributed by atoms with Gasteiger partial charge in [-0.25, -0.2) is 4.79 Å². The van der Waals surface area contributed by atoms with Gasteiger partial charge in [-0.2, -0.15) is 0 Å². The molecular weight excluding hydrogens is 322 g/mol. The molecule has 1 amide bonds. The summed E-state index contributed by atoms with van der Waals surface area (Å²) in [6.07, 6.45) is 1.71. The standard InChI is InChI=1S/C16H14ClNO3S/c1-21-16(20)10-3-2-9-4-5-13(12(9)6-10)18-15(19)14-7-11(17)8-22-14/h2-3,6-8,13H,4-5H2,1H3,(H,18,19). The predicted molar refractivity (Wildman–Crippen MR) is 85.6 cm³/mol. The first-order chi connectivity index (χ1) is 10.6. The number of nitrogens with one attached hydrogen (secondary N) is 1. The minimum absolute atomic E-state index is 0.0898. The number of methoxy groups -OCH3 is 1. The Morgan fingerprint density at radius 2 is 2.18 bits per heavy atom. The first kappa shape index (κ1) is 15.1. The Labute approximate surface area is 137 Å². The second kappa shape index (κ2) is 6.10. The van der Waals surface area contributed by atoms with E-state index in [1.54, 1.807) is 23.6 Å². The van der Waals surface area contributed by atoms with Crippen LogP contribution in [0.1, 0.15) is 43.6 Å². The van der Waals surface area contributed by atoms with E-state index in [-0.39, 0.29) is 17.9 Å². The van der Waals surface area contributed by atoms with Crippen molar-refractivity contribution in [2.75, 3.05) is 7.11 Å². The predicted octanol–water partition coefficient (Wildman–Crippen LogP) is 3.61. The molecule has 0 spiro atoms. The normalized spacial score (nSPS) is 16.2. The number of thiophene rings is 1. The van der Waals surface area contributed by atoms with E-state index in [2.05, 4.69) is 5.32 Å². The summed E-state index contributed by atoms with van der Waals surface area (Å²) in [6.45, 7) is 0. The van der Waals surface area contributed by atoms with Crippen LogP contribution in [0.3, 0.4) is 0 Å². The summed E-state index contributed by atoms with van der Waals surface area (Å²) in [5.74, 6) is -0.511. The minimum Gasteiger partial charge on any atom is -0.465 e. The van der Waals surface area contributed by atoms with Crippen molar-refractivity contribution in [3.05, 3.63) is 56.2 Å². The highest BCUT2D eigenvalue weighted by atomic mass is 35.5. The Bertz CT molecular complexity index is 741. The summed E-state index contributed by atoms with van der Waals surface area (Å²) >= 11 is 7.17. The number of benzene rings is 1. The molecule has 1 atom stereocenters. The first-order valence-corrected chi connectivity index (χ1v) is 8.10. The molecule has 22 heavy (non-hydrogen) atoms. The molecule has 1 unspecified atom stereocenters. The van der Waals surface area contributed by atoms with Gasteiger partial charge in [0, 0.05) is 5.38 Å². The molecule has 4 nitrogen and oxygen atoms in total. The van der Waals surface area contributed by atoms with E-state index in [9.17, 15) is 9.59 Å². The van der Waals surface area contributed by atoms with E-state index >= 15 is 0 Å². The lowest BCUT2D eigenvalue weighted by atomic mass is 10.0. The van der Waals surface area contributed by atoms with Gasteiger partial charge in [0.25, 0.3) is 5.91 Å². The van der Waals surface area contributed by atoms with Crippen molar-refractivity contribution in [1.29, 1.82) is 0 Å². The molecule has 1 heterocycles. The summed E-state index contributed by atoms with van der Waals surface area (Å²) in [4.78, 5) is 24.5. The summed E-state index contributed by atoms with van der Waals surface area (Å²) in [7, 11) is 1.36. The van der Waals surface area contributed by atoms with Crippen LogP contribution >= 0.6 is 22.9 Å². The third kappa shape index (κ3) is 2.87. The van der Waals surface area contributed by atoms with Crippen LogP contribution in [-0.2, 0) is 11.2 Å². The fourth-order valence-corrected chi connectivity index (χ4v) is 3.63. The van der Waals surface area contributed by atoms with Crippen LogP contribution in [0.4, 0.5) is 0 Å². The van der Waals surface area contributed by atoms with Crippen LogP contribution in [0.5, 0.6) is 0 Å². The molecule has 1 aromatic carbocycles. The number of amides is 1. The van der Waals surface area contributed by atoms with Crippen LogP contribution in [0.25, 0.3) is 0 Å². The molecule has 3 rings (SSSR count). The van der Waals surface area contributed by atoms with Crippen LogP contribution in [-0.4, -0.2) is 19.0 Å². The monoisotopic (exact) mass is 335 g/mol. The lowest BCUT2D eigenvalue weighted by Gasteiger charge is -2.14.